The Bertz CT molecular complexity index is 569. The molecular formula is C14H19IN4. The van der Waals surface area contributed by atoms with Crippen LogP contribution in [0.15, 0.2) is 24.4 Å². The molecule has 0 amide bonds. The number of hydrogen-bond donors (Lipinski definition) is 1. The molecule has 0 unspecified atom stereocenters. The molecule has 0 aliphatic heterocycles. The third kappa shape index (κ3) is 3.68. The average molecular weight is 370 g/mol. The molecule has 2 aromatic rings. The van der Waals surface area contributed by atoms with E-state index >= 15 is 0 Å². The zero-order valence-electron chi connectivity index (χ0n) is 11.7. The molecule has 0 saturated carbocycles. The highest BCUT2D eigenvalue weighted by Crippen LogP contribution is 2.18. The van der Waals surface area contributed by atoms with E-state index in [1.165, 1.54) is 9.13 Å². The normalized spacial score (nSPS) is 11.6. The quantitative estimate of drug-likeness (QED) is 0.841. The summed E-state index contributed by atoms with van der Waals surface area (Å²) in [6, 6.07) is 6.35. The van der Waals surface area contributed by atoms with Gasteiger partial charge in [-0.05, 0) is 68.0 Å². The molecule has 102 valence electrons. The Kier molecular flexibility index (Phi) is 4.13. The summed E-state index contributed by atoms with van der Waals surface area (Å²) in [5, 5.41) is 11.7. The molecule has 0 aliphatic rings. The average Bonchev–Trinajstić information content (AvgIpc) is 2.79. The van der Waals surface area contributed by atoms with E-state index in [-0.39, 0.29) is 5.54 Å². The van der Waals surface area contributed by atoms with Gasteiger partial charge in [-0.3, -0.25) is 0 Å². The van der Waals surface area contributed by atoms with E-state index < -0.39 is 0 Å². The van der Waals surface area contributed by atoms with Crippen molar-refractivity contribution in [3.63, 3.8) is 0 Å². The van der Waals surface area contributed by atoms with Crippen molar-refractivity contribution in [2.45, 2.75) is 39.8 Å². The molecule has 0 saturated heterocycles. The second kappa shape index (κ2) is 5.48. The van der Waals surface area contributed by atoms with Crippen molar-refractivity contribution in [2.75, 3.05) is 5.32 Å². The van der Waals surface area contributed by atoms with Crippen molar-refractivity contribution < 1.29 is 0 Å². The first-order chi connectivity index (χ1) is 8.86. The fourth-order valence-electron chi connectivity index (χ4n) is 1.60. The molecule has 1 heterocycles. The predicted molar refractivity (Wildman–Crippen MR) is 86.2 cm³/mol. The van der Waals surface area contributed by atoms with Crippen molar-refractivity contribution in [1.29, 1.82) is 0 Å². The first-order valence-electron chi connectivity index (χ1n) is 6.28. The van der Waals surface area contributed by atoms with E-state index in [0.717, 1.165) is 11.4 Å². The van der Waals surface area contributed by atoms with Crippen LogP contribution in [0.1, 0.15) is 32.0 Å². The third-order valence-electron chi connectivity index (χ3n) is 2.87. The molecule has 0 bridgehead atoms. The van der Waals surface area contributed by atoms with Crippen LogP contribution < -0.4 is 5.32 Å². The van der Waals surface area contributed by atoms with Gasteiger partial charge in [0.2, 0.25) is 0 Å². The summed E-state index contributed by atoms with van der Waals surface area (Å²) in [7, 11) is 0. The first-order valence-corrected chi connectivity index (χ1v) is 7.36. The maximum absolute atomic E-state index is 4.19. The Morgan fingerprint density at radius 1 is 1.32 bits per heavy atom. The van der Waals surface area contributed by atoms with Crippen LogP contribution in [0, 0.1) is 10.5 Å². The highest BCUT2D eigenvalue weighted by Gasteiger charge is 2.14. The zero-order valence-corrected chi connectivity index (χ0v) is 13.9. The van der Waals surface area contributed by atoms with Crippen LogP contribution in [0.3, 0.4) is 0 Å². The van der Waals surface area contributed by atoms with Crippen molar-refractivity contribution >= 4 is 28.3 Å². The van der Waals surface area contributed by atoms with Gasteiger partial charge in [-0.15, -0.1) is 5.10 Å². The van der Waals surface area contributed by atoms with Crippen molar-refractivity contribution in [3.05, 3.63) is 39.2 Å². The summed E-state index contributed by atoms with van der Waals surface area (Å²) in [6.45, 7) is 9.14. The Morgan fingerprint density at radius 2 is 2.05 bits per heavy atom. The number of nitrogens with zero attached hydrogens (tertiary/aromatic N) is 3. The number of aryl methyl sites for hydroxylation is 1. The third-order valence-corrected chi connectivity index (χ3v) is 4.04. The second-order valence-corrected chi connectivity index (χ2v) is 6.80. The monoisotopic (exact) mass is 370 g/mol. The van der Waals surface area contributed by atoms with Gasteiger partial charge in [0.05, 0.1) is 18.3 Å². The number of aromatic nitrogens is 3. The SMILES string of the molecule is Cc1ccc(NCc2cn(C(C)(C)C)nn2)cc1I. The molecule has 0 aliphatic carbocycles. The molecule has 0 spiro atoms. The molecule has 1 aromatic heterocycles. The minimum Gasteiger partial charge on any atom is -0.379 e. The fourth-order valence-corrected chi connectivity index (χ4v) is 2.12. The molecule has 2 rings (SSSR count). The summed E-state index contributed by atoms with van der Waals surface area (Å²) in [5.74, 6) is 0. The van der Waals surface area contributed by atoms with Gasteiger partial charge in [-0.2, -0.15) is 0 Å². The van der Waals surface area contributed by atoms with Crippen molar-refractivity contribution in [3.8, 4) is 0 Å². The van der Waals surface area contributed by atoms with Crippen LogP contribution in [0.4, 0.5) is 5.69 Å². The van der Waals surface area contributed by atoms with Gasteiger partial charge in [-0.25, -0.2) is 4.68 Å². The molecule has 0 fully saturated rings. The number of nitrogens with one attached hydrogen (secondary N) is 1. The number of benzene rings is 1. The summed E-state index contributed by atoms with van der Waals surface area (Å²) in [6.07, 6.45) is 1.99. The molecule has 0 radical (unpaired) electrons. The van der Waals surface area contributed by atoms with E-state index in [0.29, 0.717) is 6.54 Å². The highest BCUT2D eigenvalue weighted by molar-refractivity contribution is 14.1. The van der Waals surface area contributed by atoms with Crippen LogP contribution >= 0.6 is 22.6 Å². The molecule has 19 heavy (non-hydrogen) atoms. The van der Waals surface area contributed by atoms with Gasteiger partial charge in [0, 0.05) is 9.26 Å². The Morgan fingerprint density at radius 3 is 2.63 bits per heavy atom. The van der Waals surface area contributed by atoms with E-state index in [1.54, 1.807) is 0 Å². The summed E-state index contributed by atoms with van der Waals surface area (Å²) in [4.78, 5) is 0. The Balaban J connectivity index is 2.02. The van der Waals surface area contributed by atoms with Gasteiger partial charge in [0.1, 0.15) is 5.69 Å². The van der Waals surface area contributed by atoms with Gasteiger partial charge >= 0.3 is 0 Å². The van der Waals surface area contributed by atoms with Crippen LogP contribution in [-0.2, 0) is 12.1 Å². The van der Waals surface area contributed by atoms with E-state index in [2.05, 4.69) is 84.1 Å². The first kappa shape index (κ1) is 14.3. The lowest BCUT2D eigenvalue weighted by molar-refractivity contribution is 0.347. The number of hydrogen-bond acceptors (Lipinski definition) is 3. The maximum atomic E-state index is 4.19. The minimum absolute atomic E-state index is 0.0233. The molecule has 1 aromatic carbocycles. The number of rotatable bonds is 3. The van der Waals surface area contributed by atoms with Crippen molar-refractivity contribution in [2.24, 2.45) is 0 Å². The van der Waals surface area contributed by atoms with Crippen LogP contribution in [0.25, 0.3) is 0 Å². The smallest absolute Gasteiger partial charge is 0.102 e. The van der Waals surface area contributed by atoms with Crippen molar-refractivity contribution in [1.82, 2.24) is 15.0 Å². The van der Waals surface area contributed by atoms with Gasteiger partial charge in [0.15, 0.2) is 0 Å². The van der Waals surface area contributed by atoms with E-state index in [4.69, 9.17) is 0 Å². The summed E-state index contributed by atoms with van der Waals surface area (Å²) in [5.41, 5.74) is 3.33. The minimum atomic E-state index is -0.0233. The lowest BCUT2D eigenvalue weighted by Crippen LogP contribution is -2.22. The standard InChI is InChI=1S/C14H19IN4/c1-10-5-6-11(7-13(10)15)16-8-12-9-19(18-17-12)14(2,3)4/h5-7,9,16H,8H2,1-4H3. The lowest BCUT2D eigenvalue weighted by atomic mass is 10.1. The lowest BCUT2D eigenvalue weighted by Gasteiger charge is -2.17. The van der Waals surface area contributed by atoms with Crippen LogP contribution in [-0.4, -0.2) is 15.0 Å². The predicted octanol–water partition coefficient (Wildman–Crippen LogP) is 3.56. The number of anilines is 1. The molecular weight excluding hydrogens is 351 g/mol. The maximum Gasteiger partial charge on any atom is 0.102 e. The highest BCUT2D eigenvalue weighted by atomic mass is 127. The van der Waals surface area contributed by atoms with Crippen LogP contribution in [0.5, 0.6) is 0 Å². The van der Waals surface area contributed by atoms with E-state index in [1.807, 2.05) is 10.9 Å². The molecule has 5 heteroatoms. The topological polar surface area (TPSA) is 42.7 Å². The Hall–Kier alpha value is -1.11. The van der Waals surface area contributed by atoms with Gasteiger partial charge < -0.3 is 5.32 Å². The Labute approximate surface area is 127 Å². The molecule has 1 N–H and O–H groups in total. The zero-order chi connectivity index (χ0) is 14.0. The summed E-state index contributed by atoms with van der Waals surface area (Å²) < 4.78 is 3.16. The summed E-state index contributed by atoms with van der Waals surface area (Å²) >= 11 is 2.35. The molecule has 4 nitrogen and oxygen atoms in total. The number of halogens is 1. The van der Waals surface area contributed by atoms with Crippen LogP contribution in [0.2, 0.25) is 0 Å². The second-order valence-electron chi connectivity index (χ2n) is 5.64. The fraction of sp³-hybridized carbons (Fsp3) is 0.429. The van der Waals surface area contributed by atoms with Gasteiger partial charge in [0.25, 0.3) is 0 Å². The van der Waals surface area contributed by atoms with E-state index in [9.17, 15) is 0 Å². The molecule has 0 atom stereocenters. The largest absolute Gasteiger partial charge is 0.379 e. The van der Waals surface area contributed by atoms with Gasteiger partial charge in [-0.1, -0.05) is 11.3 Å².